The van der Waals surface area contributed by atoms with Gasteiger partial charge in [-0.15, -0.1) is 0 Å². The summed E-state index contributed by atoms with van der Waals surface area (Å²) in [7, 11) is 1.66. The van der Waals surface area contributed by atoms with E-state index in [1.165, 1.54) is 23.7 Å². The fourth-order valence-electron chi connectivity index (χ4n) is 4.04. The molecule has 1 fully saturated rings. The third kappa shape index (κ3) is 5.70. The fraction of sp³-hybridized carbons (Fsp3) is 0.360. The molecule has 2 heterocycles. The monoisotopic (exact) mass is 435 g/mol. The lowest BCUT2D eigenvalue weighted by Gasteiger charge is -2.32. The number of carbonyl (C=O) groups is 1. The lowest BCUT2D eigenvalue weighted by Crippen LogP contribution is -2.39. The van der Waals surface area contributed by atoms with Crippen molar-refractivity contribution in [1.29, 1.82) is 0 Å². The van der Waals surface area contributed by atoms with Gasteiger partial charge in [-0.1, -0.05) is 42.1 Å². The molecule has 0 radical (unpaired) electrons. The first-order valence-corrected chi connectivity index (χ1v) is 11.8. The predicted molar refractivity (Wildman–Crippen MR) is 125 cm³/mol. The third-order valence-electron chi connectivity index (χ3n) is 5.93. The molecule has 31 heavy (non-hydrogen) atoms. The van der Waals surface area contributed by atoms with Crippen LogP contribution < -0.4 is 4.74 Å². The van der Waals surface area contributed by atoms with E-state index in [2.05, 4.69) is 35.3 Å². The summed E-state index contributed by atoms with van der Waals surface area (Å²) in [6.07, 6.45) is 8.24. The molecule has 0 unspecified atom stereocenters. The van der Waals surface area contributed by atoms with Crippen LogP contribution >= 0.6 is 11.8 Å². The minimum atomic E-state index is 0.204. The van der Waals surface area contributed by atoms with E-state index in [0.29, 0.717) is 11.7 Å². The third-order valence-corrected chi connectivity index (χ3v) is 6.89. The Balaban J connectivity index is 1.24. The molecule has 1 amide bonds. The largest absolute Gasteiger partial charge is 0.497 e. The molecule has 5 nitrogen and oxygen atoms in total. The Bertz CT molecular complexity index is 964. The zero-order valence-corrected chi connectivity index (χ0v) is 18.8. The molecule has 1 aliphatic rings. The molecule has 4 rings (SSSR count). The van der Waals surface area contributed by atoms with Gasteiger partial charge in [0.1, 0.15) is 5.75 Å². The maximum Gasteiger partial charge on any atom is 0.233 e. The van der Waals surface area contributed by atoms with E-state index in [-0.39, 0.29) is 5.91 Å². The van der Waals surface area contributed by atoms with Crippen molar-refractivity contribution in [2.45, 2.75) is 30.8 Å². The van der Waals surface area contributed by atoms with Crippen molar-refractivity contribution in [3.63, 3.8) is 0 Å². The number of amides is 1. The number of hydrogen-bond acceptors (Lipinski definition) is 4. The van der Waals surface area contributed by atoms with Gasteiger partial charge in [-0.25, -0.2) is 4.98 Å². The highest BCUT2D eigenvalue weighted by molar-refractivity contribution is 7.99. The molecule has 0 spiro atoms. The Hall–Kier alpha value is -2.73. The first kappa shape index (κ1) is 21.5. The SMILES string of the molecule is COc1ccc(-n2ccnc2SCC(=O)N2CCC(CCc3ccccc3)CC2)cc1. The molecule has 1 aromatic heterocycles. The van der Waals surface area contributed by atoms with Gasteiger partial charge in [0.25, 0.3) is 0 Å². The van der Waals surface area contributed by atoms with Gasteiger partial charge in [-0.3, -0.25) is 9.36 Å². The maximum absolute atomic E-state index is 12.8. The van der Waals surface area contributed by atoms with Crippen LogP contribution in [0.1, 0.15) is 24.8 Å². The van der Waals surface area contributed by atoms with Gasteiger partial charge >= 0.3 is 0 Å². The Labute approximate surface area is 188 Å². The van der Waals surface area contributed by atoms with Crippen LogP contribution in [0.15, 0.2) is 72.1 Å². The van der Waals surface area contributed by atoms with Crippen LogP contribution in [0.25, 0.3) is 5.69 Å². The number of likely N-dealkylation sites (tertiary alicyclic amines) is 1. The number of aromatic nitrogens is 2. The van der Waals surface area contributed by atoms with Crippen LogP contribution in [0.4, 0.5) is 0 Å². The summed E-state index contributed by atoms with van der Waals surface area (Å²) in [5.41, 5.74) is 2.41. The molecule has 0 N–H and O–H groups in total. The lowest BCUT2D eigenvalue weighted by molar-refractivity contribution is -0.129. The number of piperidine rings is 1. The Morgan fingerprint density at radius 3 is 2.55 bits per heavy atom. The van der Waals surface area contributed by atoms with Crippen LogP contribution in [-0.4, -0.2) is 46.3 Å². The second kappa shape index (κ2) is 10.5. The van der Waals surface area contributed by atoms with Gasteiger partial charge in [0.2, 0.25) is 5.91 Å². The van der Waals surface area contributed by atoms with Crippen molar-refractivity contribution in [1.82, 2.24) is 14.5 Å². The minimum absolute atomic E-state index is 0.204. The van der Waals surface area contributed by atoms with Crippen LogP contribution in [0.5, 0.6) is 5.75 Å². The van der Waals surface area contributed by atoms with E-state index in [1.54, 1.807) is 13.3 Å². The van der Waals surface area contributed by atoms with E-state index in [9.17, 15) is 4.79 Å². The quantitative estimate of drug-likeness (QED) is 0.475. The molecular weight excluding hydrogens is 406 g/mol. The van der Waals surface area contributed by atoms with Crippen LogP contribution in [0.3, 0.4) is 0 Å². The van der Waals surface area contributed by atoms with E-state index >= 15 is 0 Å². The van der Waals surface area contributed by atoms with Crippen molar-refractivity contribution in [2.75, 3.05) is 26.0 Å². The highest BCUT2D eigenvalue weighted by Crippen LogP contribution is 2.25. The molecule has 3 aromatic rings. The molecule has 6 heteroatoms. The second-order valence-electron chi connectivity index (χ2n) is 7.91. The molecule has 1 saturated heterocycles. The number of imidazole rings is 1. The molecule has 0 bridgehead atoms. The van der Waals surface area contributed by atoms with Crippen molar-refractivity contribution in [3.05, 3.63) is 72.6 Å². The fourth-order valence-corrected chi connectivity index (χ4v) is 4.92. The second-order valence-corrected chi connectivity index (χ2v) is 8.86. The molecule has 0 saturated carbocycles. The molecule has 0 atom stereocenters. The van der Waals surface area contributed by atoms with Crippen molar-refractivity contribution >= 4 is 17.7 Å². The number of nitrogens with zero attached hydrogens (tertiary/aromatic N) is 3. The Morgan fingerprint density at radius 2 is 1.84 bits per heavy atom. The first-order valence-electron chi connectivity index (χ1n) is 10.8. The summed E-state index contributed by atoms with van der Waals surface area (Å²) in [4.78, 5) is 19.2. The summed E-state index contributed by atoms with van der Waals surface area (Å²) in [5.74, 6) is 2.16. The van der Waals surface area contributed by atoms with Crippen LogP contribution in [0, 0.1) is 5.92 Å². The number of rotatable bonds is 8. The predicted octanol–water partition coefficient (Wildman–Crippen LogP) is 4.84. The van der Waals surface area contributed by atoms with Gasteiger partial charge < -0.3 is 9.64 Å². The van der Waals surface area contributed by atoms with Gasteiger partial charge in [0.05, 0.1) is 12.9 Å². The van der Waals surface area contributed by atoms with Crippen LogP contribution in [0.2, 0.25) is 0 Å². The van der Waals surface area contributed by atoms with Gasteiger partial charge in [0, 0.05) is 31.2 Å². The maximum atomic E-state index is 12.8. The number of aryl methyl sites for hydroxylation is 1. The number of benzene rings is 2. The zero-order chi connectivity index (χ0) is 21.5. The number of carbonyl (C=O) groups excluding carboxylic acids is 1. The summed E-state index contributed by atoms with van der Waals surface area (Å²) in [6.45, 7) is 1.73. The first-order chi connectivity index (χ1) is 15.2. The van der Waals surface area contributed by atoms with E-state index in [0.717, 1.165) is 48.9 Å². The number of hydrogen-bond donors (Lipinski definition) is 0. The van der Waals surface area contributed by atoms with Crippen LogP contribution in [-0.2, 0) is 11.2 Å². The number of methoxy groups -OCH3 is 1. The topological polar surface area (TPSA) is 47.4 Å². The number of ether oxygens (including phenoxy) is 1. The Kier molecular flexibility index (Phi) is 7.30. The van der Waals surface area contributed by atoms with Crippen molar-refractivity contribution in [3.8, 4) is 11.4 Å². The normalized spacial score (nSPS) is 14.5. The summed E-state index contributed by atoms with van der Waals surface area (Å²) < 4.78 is 7.23. The lowest BCUT2D eigenvalue weighted by atomic mass is 9.90. The molecule has 2 aromatic carbocycles. The molecular formula is C25H29N3O2S. The van der Waals surface area contributed by atoms with E-state index < -0.39 is 0 Å². The summed E-state index contributed by atoms with van der Waals surface area (Å²) in [5, 5.41) is 0.830. The van der Waals surface area contributed by atoms with Gasteiger partial charge in [0.15, 0.2) is 5.16 Å². The minimum Gasteiger partial charge on any atom is -0.497 e. The van der Waals surface area contributed by atoms with E-state index in [1.807, 2.05) is 39.9 Å². The van der Waals surface area contributed by atoms with Gasteiger partial charge in [-0.2, -0.15) is 0 Å². The van der Waals surface area contributed by atoms with E-state index in [4.69, 9.17) is 4.74 Å². The molecule has 162 valence electrons. The standard InChI is InChI=1S/C25H29N3O2S/c1-30-23-11-9-22(10-12-23)28-18-15-26-25(28)31-19-24(29)27-16-13-21(14-17-27)8-7-20-5-3-2-4-6-20/h2-6,9-12,15,18,21H,7-8,13-14,16-17,19H2,1H3. The molecule has 1 aliphatic heterocycles. The average molecular weight is 436 g/mol. The highest BCUT2D eigenvalue weighted by Gasteiger charge is 2.23. The Morgan fingerprint density at radius 1 is 1.10 bits per heavy atom. The molecule has 0 aliphatic carbocycles. The zero-order valence-electron chi connectivity index (χ0n) is 17.9. The van der Waals surface area contributed by atoms with Crippen molar-refractivity contribution in [2.24, 2.45) is 5.92 Å². The van der Waals surface area contributed by atoms with Gasteiger partial charge in [-0.05, 0) is 61.4 Å². The smallest absolute Gasteiger partial charge is 0.233 e. The number of thioether (sulfide) groups is 1. The highest BCUT2D eigenvalue weighted by atomic mass is 32.2. The average Bonchev–Trinajstić information content (AvgIpc) is 3.31. The van der Waals surface area contributed by atoms with Crippen molar-refractivity contribution < 1.29 is 9.53 Å². The summed E-state index contributed by atoms with van der Waals surface area (Å²) in [6, 6.07) is 18.5. The summed E-state index contributed by atoms with van der Waals surface area (Å²) >= 11 is 1.50.